The number of aromatic nitrogens is 2. The van der Waals surface area contributed by atoms with Crippen LogP contribution in [-0.4, -0.2) is 45.1 Å². The highest BCUT2D eigenvalue weighted by atomic mass is 32.2. The van der Waals surface area contributed by atoms with Gasteiger partial charge in [0.15, 0.2) is 5.84 Å². The van der Waals surface area contributed by atoms with E-state index in [1.54, 1.807) is 6.07 Å². The number of nitrogens with zero attached hydrogens (tertiary/aromatic N) is 4. The van der Waals surface area contributed by atoms with Gasteiger partial charge >= 0.3 is 0 Å². The van der Waals surface area contributed by atoms with E-state index in [9.17, 15) is 0 Å². The molecule has 1 saturated heterocycles. The third kappa shape index (κ3) is 2.66. The van der Waals surface area contributed by atoms with E-state index in [0.29, 0.717) is 17.7 Å². The zero-order valence-electron chi connectivity index (χ0n) is 10.5. The van der Waals surface area contributed by atoms with Gasteiger partial charge in [0.1, 0.15) is 5.69 Å². The van der Waals surface area contributed by atoms with Crippen molar-refractivity contribution in [3.05, 3.63) is 17.5 Å². The second kappa shape index (κ2) is 5.43. The number of oxime groups is 1. The summed E-state index contributed by atoms with van der Waals surface area (Å²) in [5.74, 6) is 2.81. The van der Waals surface area contributed by atoms with E-state index < -0.39 is 0 Å². The lowest BCUT2D eigenvalue weighted by atomic mass is 10.3. The Hall–Kier alpha value is -1.50. The first-order valence-electron chi connectivity index (χ1n) is 5.80. The van der Waals surface area contributed by atoms with Gasteiger partial charge in [-0.1, -0.05) is 5.16 Å². The Bertz CT molecular complexity index is 465. The fraction of sp³-hybridized carbons (Fsp3) is 0.545. The fourth-order valence-electron chi connectivity index (χ4n) is 1.89. The Morgan fingerprint density at radius 3 is 3.06 bits per heavy atom. The van der Waals surface area contributed by atoms with Crippen molar-refractivity contribution in [1.82, 2.24) is 9.97 Å². The van der Waals surface area contributed by atoms with Gasteiger partial charge in [-0.3, -0.25) is 0 Å². The highest BCUT2D eigenvalue weighted by Crippen LogP contribution is 2.21. The lowest BCUT2D eigenvalue weighted by Gasteiger charge is -2.33. The van der Waals surface area contributed by atoms with Crippen LogP contribution in [0.5, 0.6) is 0 Å². The molecular weight excluding hydrogens is 250 g/mol. The van der Waals surface area contributed by atoms with Gasteiger partial charge in [0.05, 0.1) is 0 Å². The predicted molar refractivity (Wildman–Crippen MR) is 73.4 cm³/mol. The predicted octanol–water partition coefficient (Wildman–Crippen LogP) is 0.821. The summed E-state index contributed by atoms with van der Waals surface area (Å²) in [6, 6.07) is 2.10. The molecule has 1 aliphatic heterocycles. The topological polar surface area (TPSA) is 87.6 Å². The Labute approximate surface area is 110 Å². The van der Waals surface area contributed by atoms with Gasteiger partial charge in [-0.05, 0) is 19.9 Å². The smallest absolute Gasteiger partial charge is 0.226 e. The Balaban J connectivity index is 2.35. The zero-order valence-corrected chi connectivity index (χ0v) is 11.3. The molecule has 7 heteroatoms. The zero-order chi connectivity index (χ0) is 13.1. The van der Waals surface area contributed by atoms with Gasteiger partial charge in [0.25, 0.3) is 0 Å². The number of hydrogen-bond donors (Lipinski definition) is 2. The number of amidine groups is 1. The van der Waals surface area contributed by atoms with E-state index in [4.69, 9.17) is 10.9 Å². The Kier molecular flexibility index (Phi) is 3.90. The molecule has 0 saturated carbocycles. The van der Waals surface area contributed by atoms with Gasteiger partial charge in [-0.25, -0.2) is 9.97 Å². The maximum absolute atomic E-state index is 8.72. The second-order valence-electron chi connectivity index (χ2n) is 4.30. The highest BCUT2D eigenvalue weighted by Gasteiger charge is 2.22. The lowest BCUT2D eigenvalue weighted by molar-refractivity contribution is 0.318. The van der Waals surface area contributed by atoms with E-state index >= 15 is 0 Å². The molecule has 1 aromatic rings. The number of anilines is 1. The number of aryl methyl sites for hydroxylation is 1. The van der Waals surface area contributed by atoms with Crippen LogP contribution in [0.1, 0.15) is 18.3 Å². The Morgan fingerprint density at radius 2 is 2.39 bits per heavy atom. The van der Waals surface area contributed by atoms with Crippen LogP contribution in [0.3, 0.4) is 0 Å². The standard InChI is InChI=1S/C11H17N5OS/c1-7-5-9(10(12)15-17)14-11(13-7)16-3-4-18-6-8(16)2/h5,8,17H,3-4,6H2,1-2H3,(H2,12,15). The van der Waals surface area contributed by atoms with E-state index in [0.717, 1.165) is 23.7 Å². The first-order chi connectivity index (χ1) is 8.61. The fourth-order valence-corrected chi connectivity index (χ4v) is 2.90. The maximum atomic E-state index is 8.72. The van der Waals surface area contributed by atoms with Crippen LogP contribution in [0, 0.1) is 6.92 Å². The molecule has 1 aliphatic rings. The Morgan fingerprint density at radius 1 is 1.61 bits per heavy atom. The molecule has 0 radical (unpaired) electrons. The molecule has 0 aromatic carbocycles. The van der Waals surface area contributed by atoms with Crippen LogP contribution in [0.2, 0.25) is 0 Å². The average Bonchev–Trinajstić information content (AvgIpc) is 2.37. The van der Waals surface area contributed by atoms with Crippen molar-refractivity contribution in [3.63, 3.8) is 0 Å². The number of hydrogen-bond acceptors (Lipinski definition) is 6. The largest absolute Gasteiger partial charge is 0.409 e. The van der Waals surface area contributed by atoms with Crippen LogP contribution < -0.4 is 10.6 Å². The minimum Gasteiger partial charge on any atom is -0.409 e. The molecule has 1 fully saturated rings. The van der Waals surface area contributed by atoms with Crippen molar-refractivity contribution in [2.75, 3.05) is 23.0 Å². The molecule has 98 valence electrons. The van der Waals surface area contributed by atoms with Crippen molar-refractivity contribution < 1.29 is 5.21 Å². The molecule has 0 bridgehead atoms. The molecule has 2 rings (SSSR count). The average molecular weight is 267 g/mol. The summed E-state index contributed by atoms with van der Waals surface area (Å²) in [6.07, 6.45) is 0. The monoisotopic (exact) mass is 267 g/mol. The molecule has 0 amide bonds. The summed E-state index contributed by atoms with van der Waals surface area (Å²) >= 11 is 1.93. The normalized spacial score (nSPS) is 21.1. The first kappa shape index (κ1) is 12.9. The quantitative estimate of drug-likeness (QED) is 0.357. The van der Waals surface area contributed by atoms with Gasteiger partial charge in [0.2, 0.25) is 5.95 Å². The van der Waals surface area contributed by atoms with Crippen LogP contribution in [-0.2, 0) is 0 Å². The van der Waals surface area contributed by atoms with E-state index in [-0.39, 0.29) is 5.84 Å². The summed E-state index contributed by atoms with van der Waals surface area (Å²) in [4.78, 5) is 11.0. The molecular formula is C11H17N5OS. The van der Waals surface area contributed by atoms with Crippen LogP contribution in [0.4, 0.5) is 5.95 Å². The van der Waals surface area contributed by atoms with E-state index in [1.165, 1.54) is 0 Å². The maximum Gasteiger partial charge on any atom is 0.226 e. The van der Waals surface area contributed by atoms with E-state index in [2.05, 4.69) is 26.9 Å². The highest BCUT2D eigenvalue weighted by molar-refractivity contribution is 7.99. The molecule has 1 aromatic heterocycles. The minimum absolute atomic E-state index is 0.0146. The van der Waals surface area contributed by atoms with Gasteiger partial charge in [-0.2, -0.15) is 11.8 Å². The van der Waals surface area contributed by atoms with Crippen molar-refractivity contribution in [3.8, 4) is 0 Å². The van der Waals surface area contributed by atoms with Crippen LogP contribution in [0.15, 0.2) is 11.2 Å². The number of rotatable bonds is 2. The van der Waals surface area contributed by atoms with Gasteiger partial charge in [-0.15, -0.1) is 0 Å². The van der Waals surface area contributed by atoms with E-state index in [1.807, 2.05) is 18.7 Å². The van der Waals surface area contributed by atoms with Crippen molar-refractivity contribution >= 4 is 23.5 Å². The number of nitrogens with two attached hydrogens (primary N) is 1. The number of thioether (sulfide) groups is 1. The first-order valence-corrected chi connectivity index (χ1v) is 6.95. The van der Waals surface area contributed by atoms with Gasteiger partial charge in [0, 0.05) is 29.8 Å². The summed E-state index contributed by atoms with van der Waals surface area (Å²) in [7, 11) is 0. The van der Waals surface area contributed by atoms with Crippen LogP contribution >= 0.6 is 11.8 Å². The summed E-state index contributed by atoms with van der Waals surface area (Å²) in [5.41, 5.74) is 6.86. The molecule has 6 nitrogen and oxygen atoms in total. The lowest BCUT2D eigenvalue weighted by Crippen LogP contribution is -2.41. The van der Waals surface area contributed by atoms with Crippen LogP contribution in [0.25, 0.3) is 0 Å². The summed E-state index contributed by atoms with van der Waals surface area (Å²) in [6.45, 7) is 4.95. The third-order valence-corrected chi connectivity index (χ3v) is 4.03. The van der Waals surface area contributed by atoms with Gasteiger partial charge < -0.3 is 15.8 Å². The SMILES string of the molecule is Cc1cc(/C(N)=N/O)nc(N2CCSCC2C)n1. The summed E-state index contributed by atoms with van der Waals surface area (Å²) < 4.78 is 0. The molecule has 18 heavy (non-hydrogen) atoms. The summed E-state index contributed by atoms with van der Waals surface area (Å²) in [5, 5.41) is 11.7. The van der Waals surface area contributed by atoms with Crippen molar-refractivity contribution in [2.45, 2.75) is 19.9 Å². The van der Waals surface area contributed by atoms with Crippen molar-refractivity contribution in [1.29, 1.82) is 0 Å². The minimum atomic E-state index is 0.0146. The molecule has 2 heterocycles. The molecule has 3 N–H and O–H groups in total. The third-order valence-electron chi connectivity index (χ3n) is 2.84. The molecule has 1 unspecified atom stereocenters. The van der Waals surface area contributed by atoms with Crippen molar-refractivity contribution in [2.24, 2.45) is 10.9 Å². The molecule has 0 aliphatic carbocycles. The molecule has 0 spiro atoms. The second-order valence-corrected chi connectivity index (χ2v) is 5.45. The molecule has 1 atom stereocenters.